The van der Waals surface area contributed by atoms with Gasteiger partial charge in [0, 0.05) is 0 Å². The molecule has 3 N–H and O–H groups in total. The zero-order valence-electron chi connectivity index (χ0n) is 10.8. The number of urea groups is 1. The van der Waals surface area contributed by atoms with Crippen LogP contribution in [-0.2, 0) is 4.79 Å². The molecule has 1 aliphatic carbocycles. The standard InChI is InChI=1S/C14H12FN3O3/c15-11-5-8(7-16)1-4-12(11)18-14(21)17-10-3-2-9(6-10)13(19)20/h1-5,9-10H,6H2,(H,19,20)(H2,17,18,21). The predicted molar refractivity (Wildman–Crippen MR) is 71.9 cm³/mol. The first-order chi connectivity index (χ1) is 9.99. The van der Waals surface area contributed by atoms with Gasteiger partial charge in [0.15, 0.2) is 0 Å². The van der Waals surface area contributed by atoms with Crippen LogP contribution in [0.1, 0.15) is 12.0 Å². The van der Waals surface area contributed by atoms with Crippen molar-refractivity contribution in [1.82, 2.24) is 5.32 Å². The van der Waals surface area contributed by atoms with E-state index in [0.717, 1.165) is 6.07 Å². The molecule has 0 saturated heterocycles. The van der Waals surface area contributed by atoms with Crippen molar-refractivity contribution in [2.24, 2.45) is 5.92 Å². The average Bonchev–Trinajstić information content (AvgIpc) is 2.89. The third-order valence-corrected chi connectivity index (χ3v) is 3.06. The summed E-state index contributed by atoms with van der Waals surface area (Å²) in [5.74, 6) is -2.29. The van der Waals surface area contributed by atoms with Crippen LogP contribution in [0.5, 0.6) is 0 Å². The molecule has 0 bridgehead atoms. The number of aliphatic carboxylic acids is 1. The second kappa shape index (κ2) is 6.05. The maximum absolute atomic E-state index is 13.6. The lowest BCUT2D eigenvalue weighted by Crippen LogP contribution is -2.36. The van der Waals surface area contributed by atoms with Gasteiger partial charge in [0.2, 0.25) is 0 Å². The smallest absolute Gasteiger partial charge is 0.319 e. The van der Waals surface area contributed by atoms with Crippen LogP contribution in [0, 0.1) is 23.1 Å². The monoisotopic (exact) mass is 289 g/mol. The minimum absolute atomic E-state index is 0.0525. The molecule has 0 fully saturated rings. The number of halogens is 1. The molecule has 6 nitrogen and oxygen atoms in total. The van der Waals surface area contributed by atoms with Crippen molar-refractivity contribution in [2.45, 2.75) is 12.5 Å². The van der Waals surface area contributed by atoms with Gasteiger partial charge >= 0.3 is 12.0 Å². The van der Waals surface area contributed by atoms with Crippen LogP contribution >= 0.6 is 0 Å². The summed E-state index contributed by atoms with van der Waals surface area (Å²) in [6, 6.07) is 4.43. The van der Waals surface area contributed by atoms with E-state index < -0.39 is 29.8 Å². The van der Waals surface area contributed by atoms with Crippen molar-refractivity contribution in [2.75, 3.05) is 5.32 Å². The van der Waals surface area contributed by atoms with Crippen LogP contribution in [0.3, 0.4) is 0 Å². The SMILES string of the molecule is N#Cc1ccc(NC(=O)NC2C=CC(C(=O)O)C2)c(F)c1. The summed E-state index contributed by atoms with van der Waals surface area (Å²) < 4.78 is 13.6. The van der Waals surface area contributed by atoms with Gasteiger partial charge in [0.1, 0.15) is 5.82 Å². The number of carboxylic acids is 1. The molecule has 0 aliphatic heterocycles. The molecule has 1 aliphatic rings. The summed E-state index contributed by atoms with van der Waals surface area (Å²) in [6.45, 7) is 0. The zero-order chi connectivity index (χ0) is 15.4. The summed E-state index contributed by atoms with van der Waals surface area (Å²) in [7, 11) is 0. The lowest BCUT2D eigenvalue weighted by atomic mass is 10.1. The van der Waals surface area contributed by atoms with Crippen LogP contribution in [0.15, 0.2) is 30.4 Å². The van der Waals surface area contributed by atoms with E-state index in [0.29, 0.717) is 0 Å². The number of hydrogen-bond acceptors (Lipinski definition) is 3. The molecule has 1 aromatic carbocycles. The van der Waals surface area contributed by atoms with Crippen molar-refractivity contribution in [3.63, 3.8) is 0 Å². The summed E-state index contributed by atoms with van der Waals surface area (Å²) >= 11 is 0. The highest BCUT2D eigenvalue weighted by molar-refractivity contribution is 5.90. The van der Waals surface area contributed by atoms with Crippen LogP contribution in [-0.4, -0.2) is 23.1 Å². The summed E-state index contributed by atoms with van der Waals surface area (Å²) in [4.78, 5) is 22.5. The topological polar surface area (TPSA) is 102 Å². The molecule has 0 radical (unpaired) electrons. The van der Waals surface area contributed by atoms with E-state index in [2.05, 4.69) is 10.6 Å². The van der Waals surface area contributed by atoms with E-state index in [-0.39, 0.29) is 17.7 Å². The first-order valence-corrected chi connectivity index (χ1v) is 6.18. The van der Waals surface area contributed by atoms with Gasteiger partial charge in [-0.05, 0) is 24.6 Å². The van der Waals surface area contributed by atoms with Gasteiger partial charge in [0.25, 0.3) is 0 Å². The third kappa shape index (κ3) is 3.57. The van der Waals surface area contributed by atoms with Gasteiger partial charge in [-0.2, -0.15) is 5.26 Å². The summed E-state index contributed by atoms with van der Waals surface area (Å²) in [5.41, 5.74) is 0.102. The number of carboxylic acid groups (broad SMARTS) is 1. The fraction of sp³-hybridized carbons (Fsp3) is 0.214. The maximum atomic E-state index is 13.6. The average molecular weight is 289 g/mol. The Morgan fingerprint density at radius 2 is 2.14 bits per heavy atom. The lowest BCUT2D eigenvalue weighted by molar-refractivity contribution is -0.140. The van der Waals surface area contributed by atoms with E-state index in [1.807, 2.05) is 0 Å². The molecule has 2 atom stereocenters. The van der Waals surface area contributed by atoms with Crippen LogP contribution in [0.4, 0.5) is 14.9 Å². The lowest BCUT2D eigenvalue weighted by Gasteiger charge is -2.13. The van der Waals surface area contributed by atoms with Gasteiger partial charge in [-0.3, -0.25) is 4.79 Å². The third-order valence-electron chi connectivity index (χ3n) is 3.06. The molecule has 2 rings (SSSR count). The quantitative estimate of drug-likeness (QED) is 0.739. The Bertz CT molecular complexity index is 651. The summed E-state index contributed by atoms with van der Waals surface area (Å²) in [6.07, 6.45) is 3.36. The number of nitrogens with one attached hydrogen (secondary N) is 2. The Balaban J connectivity index is 1.93. The Hall–Kier alpha value is -2.88. The number of amides is 2. The number of carbonyl (C=O) groups is 2. The molecule has 108 valence electrons. The Morgan fingerprint density at radius 1 is 1.38 bits per heavy atom. The Labute approximate surface area is 119 Å². The molecule has 1 aromatic rings. The van der Waals surface area contributed by atoms with Gasteiger partial charge in [-0.15, -0.1) is 0 Å². The van der Waals surface area contributed by atoms with Crippen molar-refractivity contribution in [3.8, 4) is 6.07 Å². The molecule has 0 aromatic heterocycles. The van der Waals surface area contributed by atoms with Gasteiger partial charge < -0.3 is 15.7 Å². The number of rotatable bonds is 3. The molecule has 0 heterocycles. The van der Waals surface area contributed by atoms with Crippen LogP contribution < -0.4 is 10.6 Å². The highest BCUT2D eigenvalue weighted by Crippen LogP contribution is 2.19. The molecule has 2 unspecified atom stereocenters. The van der Waals surface area contributed by atoms with Crippen molar-refractivity contribution in [3.05, 3.63) is 41.7 Å². The normalized spacial score (nSPS) is 19.8. The highest BCUT2D eigenvalue weighted by Gasteiger charge is 2.25. The molecule has 0 spiro atoms. The Kier molecular flexibility index (Phi) is 4.18. The van der Waals surface area contributed by atoms with E-state index in [1.165, 1.54) is 18.2 Å². The van der Waals surface area contributed by atoms with Crippen molar-refractivity contribution >= 4 is 17.7 Å². The Morgan fingerprint density at radius 3 is 2.71 bits per heavy atom. The molecule has 7 heteroatoms. The van der Waals surface area contributed by atoms with Gasteiger partial charge in [-0.1, -0.05) is 12.2 Å². The van der Waals surface area contributed by atoms with Crippen LogP contribution in [0.25, 0.3) is 0 Å². The fourth-order valence-electron chi connectivity index (χ4n) is 2.00. The number of benzene rings is 1. The number of hydrogen-bond donors (Lipinski definition) is 3. The zero-order valence-corrected chi connectivity index (χ0v) is 10.8. The largest absolute Gasteiger partial charge is 0.481 e. The highest BCUT2D eigenvalue weighted by atomic mass is 19.1. The molecular weight excluding hydrogens is 277 g/mol. The molecule has 0 saturated carbocycles. The summed E-state index contributed by atoms with van der Waals surface area (Å²) in [5, 5.41) is 22.3. The maximum Gasteiger partial charge on any atom is 0.319 e. The van der Waals surface area contributed by atoms with Crippen molar-refractivity contribution < 1.29 is 19.1 Å². The predicted octanol–water partition coefficient (Wildman–Crippen LogP) is 1.85. The van der Waals surface area contributed by atoms with E-state index in [4.69, 9.17) is 10.4 Å². The number of nitriles is 1. The second-order valence-electron chi connectivity index (χ2n) is 4.58. The number of carbonyl (C=O) groups excluding carboxylic acids is 1. The molecular formula is C14H12FN3O3. The van der Waals surface area contributed by atoms with E-state index in [1.54, 1.807) is 12.1 Å². The second-order valence-corrected chi connectivity index (χ2v) is 4.58. The number of nitrogens with zero attached hydrogens (tertiary/aromatic N) is 1. The van der Waals surface area contributed by atoms with E-state index in [9.17, 15) is 14.0 Å². The minimum Gasteiger partial charge on any atom is -0.481 e. The first kappa shape index (κ1) is 14.5. The van der Waals surface area contributed by atoms with Crippen LogP contribution in [0.2, 0.25) is 0 Å². The minimum atomic E-state index is -0.950. The fourth-order valence-corrected chi connectivity index (χ4v) is 2.00. The van der Waals surface area contributed by atoms with Gasteiger partial charge in [0.05, 0.1) is 29.3 Å². The first-order valence-electron chi connectivity index (χ1n) is 6.18. The van der Waals surface area contributed by atoms with E-state index >= 15 is 0 Å². The van der Waals surface area contributed by atoms with Crippen molar-refractivity contribution in [1.29, 1.82) is 5.26 Å². The number of anilines is 1. The molecule has 21 heavy (non-hydrogen) atoms. The molecule has 2 amide bonds. The van der Waals surface area contributed by atoms with Gasteiger partial charge in [-0.25, -0.2) is 9.18 Å².